The van der Waals surface area contributed by atoms with Crippen LogP contribution in [0.5, 0.6) is 5.75 Å². The van der Waals surface area contributed by atoms with Gasteiger partial charge >= 0.3 is 0 Å². The Balaban J connectivity index is 0.00000361. The van der Waals surface area contributed by atoms with Crippen molar-refractivity contribution in [3.8, 4) is 5.75 Å². The van der Waals surface area contributed by atoms with Gasteiger partial charge in [-0.25, -0.2) is 0 Å². The third kappa shape index (κ3) is 6.57. The van der Waals surface area contributed by atoms with Crippen molar-refractivity contribution in [1.82, 2.24) is 4.90 Å². The number of benzene rings is 1. The highest BCUT2D eigenvalue weighted by Gasteiger charge is 2.11. The monoisotopic (exact) mass is 302 g/mol. The molecule has 0 aromatic heterocycles. The number of hydrogen-bond acceptors (Lipinski definition) is 4. The lowest BCUT2D eigenvalue weighted by atomic mass is 10.1. The molecule has 0 unspecified atom stereocenters. The molecule has 0 spiro atoms. The van der Waals surface area contributed by atoms with Crippen molar-refractivity contribution in [3.63, 3.8) is 0 Å². The largest absolute Gasteiger partial charge is 1.00 e. The predicted molar refractivity (Wildman–Crippen MR) is 76.4 cm³/mol. The van der Waals surface area contributed by atoms with E-state index in [1.807, 2.05) is 37.8 Å². The first-order valence-electron chi connectivity index (χ1n) is 6.77. The van der Waals surface area contributed by atoms with Gasteiger partial charge in [0.1, 0.15) is 5.75 Å². The minimum atomic E-state index is 0. The molecule has 116 valence electrons. The van der Waals surface area contributed by atoms with Gasteiger partial charge in [-0.2, -0.15) is 0 Å². The summed E-state index contributed by atoms with van der Waals surface area (Å²) < 4.78 is 5.81. The van der Waals surface area contributed by atoms with E-state index in [1.165, 1.54) is 5.56 Å². The summed E-state index contributed by atoms with van der Waals surface area (Å²) in [5.74, 6) is 0.876. The minimum Gasteiger partial charge on any atom is -1.00 e. The highest BCUT2D eigenvalue weighted by molar-refractivity contribution is 5.37. The zero-order valence-corrected chi connectivity index (χ0v) is 13.2. The lowest BCUT2D eigenvalue weighted by Gasteiger charge is -2.23. The van der Waals surface area contributed by atoms with Gasteiger partial charge < -0.3 is 27.4 Å². The average Bonchev–Trinajstić information content (AvgIpc) is 2.33. The number of rotatable bonds is 8. The molecule has 20 heavy (non-hydrogen) atoms. The fourth-order valence-electron chi connectivity index (χ4n) is 1.99. The molecule has 0 radical (unpaired) electrons. The van der Waals surface area contributed by atoms with E-state index < -0.39 is 0 Å². The summed E-state index contributed by atoms with van der Waals surface area (Å²) in [6, 6.07) is 6.11. The molecule has 0 atom stereocenters. The fraction of sp³-hybridized carbons (Fsp3) is 0.600. The van der Waals surface area contributed by atoms with Crippen LogP contribution >= 0.6 is 0 Å². The Morgan fingerprint density at radius 3 is 2.25 bits per heavy atom. The average molecular weight is 303 g/mol. The van der Waals surface area contributed by atoms with Crippen molar-refractivity contribution in [2.75, 3.05) is 26.3 Å². The molecule has 1 aromatic rings. The standard InChI is InChI=1S/C15H25NO3.ClH/c1-12(2)19-15-5-4-13(3)10-14(15)11-16(6-8-17)7-9-18;/h4-5,10,12,17-18H,6-9,11H2,1-3H3;1H/p-1. The van der Waals surface area contributed by atoms with Gasteiger partial charge in [-0.3, -0.25) is 4.90 Å². The molecule has 0 bridgehead atoms. The summed E-state index contributed by atoms with van der Waals surface area (Å²) in [4.78, 5) is 2.02. The summed E-state index contributed by atoms with van der Waals surface area (Å²) in [6.07, 6.45) is 0.130. The molecule has 0 fully saturated rings. The zero-order valence-electron chi connectivity index (χ0n) is 12.5. The van der Waals surface area contributed by atoms with E-state index in [0.717, 1.165) is 11.3 Å². The quantitative estimate of drug-likeness (QED) is 0.618. The van der Waals surface area contributed by atoms with Crippen LogP contribution in [0.15, 0.2) is 18.2 Å². The molecule has 0 saturated heterocycles. The van der Waals surface area contributed by atoms with Crippen molar-refractivity contribution >= 4 is 0 Å². The van der Waals surface area contributed by atoms with Gasteiger partial charge in [0.2, 0.25) is 0 Å². The molecule has 2 N–H and O–H groups in total. The van der Waals surface area contributed by atoms with E-state index in [0.29, 0.717) is 19.6 Å². The number of ether oxygens (including phenoxy) is 1. The molecule has 0 amide bonds. The Hall–Kier alpha value is -0.810. The Morgan fingerprint density at radius 2 is 1.75 bits per heavy atom. The number of hydrogen-bond donors (Lipinski definition) is 2. The Morgan fingerprint density at radius 1 is 1.15 bits per heavy atom. The van der Waals surface area contributed by atoms with Gasteiger partial charge in [0.05, 0.1) is 19.3 Å². The van der Waals surface area contributed by atoms with Crippen LogP contribution in [0, 0.1) is 6.92 Å². The molecule has 1 rings (SSSR count). The van der Waals surface area contributed by atoms with Gasteiger partial charge in [-0.1, -0.05) is 17.7 Å². The predicted octanol–water partition coefficient (Wildman–Crippen LogP) is -1.43. The lowest BCUT2D eigenvalue weighted by molar-refractivity contribution is -0.00000792. The lowest BCUT2D eigenvalue weighted by Crippen LogP contribution is -3.00. The van der Waals surface area contributed by atoms with Crippen LogP contribution in [0.4, 0.5) is 0 Å². The SMILES string of the molecule is Cc1ccc(OC(C)C)c(CN(CCO)CCO)c1.[Cl-]. The number of aryl methyl sites for hydroxylation is 1. The van der Waals surface area contributed by atoms with Crippen molar-refractivity contribution in [1.29, 1.82) is 0 Å². The van der Waals surface area contributed by atoms with Crippen LogP contribution in [0.1, 0.15) is 25.0 Å². The second-order valence-corrected chi connectivity index (χ2v) is 5.00. The summed E-state index contributed by atoms with van der Waals surface area (Å²) in [5, 5.41) is 18.1. The Bertz CT molecular complexity index is 379. The number of nitrogens with zero attached hydrogens (tertiary/aromatic N) is 1. The molecular weight excluding hydrogens is 278 g/mol. The maximum atomic E-state index is 9.06. The summed E-state index contributed by atoms with van der Waals surface area (Å²) in [6.45, 7) is 8.01. The number of halogens is 1. The molecule has 4 nitrogen and oxygen atoms in total. The molecule has 1 aromatic carbocycles. The second kappa shape index (κ2) is 10.00. The highest BCUT2D eigenvalue weighted by atomic mass is 35.5. The highest BCUT2D eigenvalue weighted by Crippen LogP contribution is 2.23. The Labute approximate surface area is 127 Å². The van der Waals surface area contributed by atoms with E-state index in [9.17, 15) is 0 Å². The molecular formula is C15H25ClNO3-. The maximum Gasteiger partial charge on any atom is 0.124 e. The van der Waals surface area contributed by atoms with Gasteiger partial charge in [-0.05, 0) is 26.8 Å². The number of aliphatic hydroxyl groups is 2. The van der Waals surface area contributed by atoms with Crippen LogP contribution in [-0.2, 0) is 6.54 Å². The van der Waals surface area contributed by atoms with E-state index in [1.54, 1.807) is 0 Å². The smallest absolute Gasteiger partial charge is 0.124 e. The third-order valence-corrected chi connectivity index (χ3v) is 2.81. The Kier molecular flexibility index (Phi) is 9.59. The van der Waals surface area contributed by atoms with Gasteiger partial charge in [0.25, 0.3) is 0 Å². The summed E-state index contributed by atoms with van der Waals surface area (Å²) >= 11 is 0. The van der Waals surface area contributed by atoms with Gasteiger partial charge in [-0.15, -0.1) is 0 Å². The van der Waals surface area contributed by atoms with Crippen LogP contribution in [0.25, 0.3) is 0 Å². The summed E-state index contributed by atoms with van der Waals surface area (Å²) in [5.41, 5.74) is 2.27. The molecule has 5 heteroatoms. The molecule has 0 aliphatic heterocycles. The van der Waals surface area contributed by atoms with Crippen molar-refractivity contribution < 1.29 is 27.4 Å². The number of aliphatic hydroxyl groups excluding tert-OH is 2. The van der Waals surface area contributed by atoms with Gasteiger partial charge in [0, 0.05) is 25.2 Å². The van der Waals surface area contributed by atoms with Crippen LogP contribution in [0.2, 0.25) is 0 Å². The molecule has 0 aliphatic rings. The van der Waals surface area contributed by atoms with Crippen LogP contribution in [-0.4, -0.2) is 47.5 Å². The first-order chi connectivity index (χ1) is 9.06. The van der Waals surface area contributed by atoms with E-state index in [4.69, 9.17) is 14.9 Å². The molecule has 0 aliphatic carbocycles. The van der Waals surface area contributed by atoms with Crippen LogP contribution in [0.3, 0.4) is 0 Å². The molecule has 0 heterocycles. The fourth-order valence-corrected chi connectivity index (χ4v) is 1.99. The van der Waals surface area contributed by atoms with Crippen LogP contribution < -0.4 is 17.1 Å². The zero-order chi connectivity index (χ0) is 14.3. The third-order valence-electron chi connectivity index (χ3n) is 2.81. The first kappa shape index (κ1) is 19.2. The van der Waals surface area contributed by atoms with Gasteiger partial charge in [0.15, 0.2) is 0 Å². The minimum absolute atomic E-state index is 0. The molecule has 0 saturated carbocycles. The van der Waals surface area contributed by atoms with E-state index >= 15 is 0 Å². The van der Waals surface area contributed by atoms with E-state index in [2.05, 4.69) is 6.07 Å². The second-order valence-electron chi connectivity index (χ2n) is 5.00. The summed E-state index contributed by atoms with van der Waals surface area (Å²) in [7, 11) is 0. The first-order valence-corrected chi connectivity index (χ1v) is 6.77. The van der Waals surface area contributed by atoms with Crippen molar-refractivity contribution in [2.24, 2.45) is 0 Å². The van der Waals surface area contributed by atoms with Crippen molar-refractivity contribution in [3.05, 3.63) is 29.3 Å². The topological polar surface area (TPSA) is 52.9 Å². The normalized spacial score (nSPS) is 10.8. The van der Waals surface area contributed by atoms with Crippen molar-refractivity contribution in [2.45, 2.75) is 33.4 Å². The van der Waals surface area contributed by atoms with E-state index in [-0.39, 0.29) is 31.7 Å². The maximum absolute atomic E-state index is 9.06.